The van der Waals surface area contributed by atoms with Crippen molar-refractivity contribution in [3.63, 3.8) is 0 Å². The number of benzene rings is 2. The molecule has 0 aliphatic rings. The second kappa shape index (κ2) is 7.86. The quantitative estimate of drug-likeness (QED) is 0.698. The second-order valence-corrected chi connectivity index (χ2v) is 5.73. The number of aliphatic hydroxyl groups is 1. The van der Waals surface area contributed by atoms with Crippen molar-refractivity contribution in [2.24, 2.45) is 0 Å². The topological polar surface area (TPSA) is 71.2 Å². The van der Waals surface area contributed by atoms with Gasteiger partial charge in [-0.05, 0) is 31.0 Å². The molecule has 24 heavy (non-hydrogen) atoms. The number of hydrogen-bond acceptors (Lipinski definition) is 5. The highest BCUT2D eigenvalue weighted by Gasteiger charge is 2.13. The Morgan fingerprint density at radius 2 is 1.92 bits per heavy atom. The molecule has 2 N–H and O–H groups in total. The van der Waals surface area contributed by atoms with Gasteiger partial charge in [-0.2, -0.15) is 0 Å². The van der Waals surface area contributed by atoms with E-state index in [1.165, 1.54) is 0 Å². The van der Waals surface area contributed by atoms with E-state index in [2.05, 4.69) is 15.5 Å². The molecule has 0 radical (unpaired) electrons. The summed E-state index contributed by atoms with van der Waals surface area (Å²) < 4.78 is 5.74. The van der Waals surface area contributed by atoms with Gasteiger partial charge in [0.2, 0.25) is 11.8 Å². The molecular formula is C19H21N3O2. The average Bonchev–Trinajstić information content (AvgIpc) is 3.08. The Balaban J connectivity index is 1.68. The molecule has 0 aliphatic carbocycles. The van der Waals surface area contributed by atoms with Gasteiger partial charge in [0.05, 0.1) is 6.54 Å². The van der Waals surface area contributed by atoms with Crippen LogP contribution in [-0.2, 0) is 6.54 Å². The largest absolute Gasteiger partial charge is 0.419 e. The highest BCUT2D eigenvalue weighted by atomic mass is 16.4. The summed E-state index contributed by atoms with van der Waals surface area (Å²) in [6.45, 7) is 2.60. The minimum absolute atomic E-state index is 0.0468. The molecule has 2 aromatic carbocycles. The number of aromatic nitrogens is 2. The summed E-state index contributed by atoms with van der Waals surface area (Å²) in [6, 6.07) is 18.1. The van der Waals surface area contributed by atoms with Crippen LogP contribution < -0.4 is 5.32 Å². The smallest absolute Gasteiger partial charge is 0.247 e. The first-order valence-corrected chi connectivity index (χ1v) is 8.05. The number of nitrogens with zero attached hydrogens (tertiary/aromatic N) is 2. The van der Waals surface area contributed by atoms with Crippen molar-refractivity contribution in [1.29, 1.82) is 0 Å². The fourth-order valence-corrected chi connectivity index (χ4v) is 2.63. The number of rotatable bonds is 7. The highest BCUT2D eigenvalue weighted by molar-refractivity contribution is 5.53. The van der Waals surface area contributed by atoms with Gasteiger partial charge in [-0.15, -0.1) is 10.2 Å². The Morgan fingerprint density at radius 3 is 2.67 bits per heavy atom. The van der Waals surface area contributed by atoms with E-state index in [-0.39, 0.29) is 12.6 Å². The minimum atomic E-state index is 0.0468. The van der Waals surface area contributed by atoms with Crippen molar-refractivity contribution in [2.75, 3.05) is 6.61 Å². The minimum Gasteiger partial charge on any atom is -0.419 e. The lowest BCUT2D eigenvalue weighted by Gasteiger charge is -2.17. The molecule has 1 aromatic heterocycles. The molecule has 124 valence electrons. The molecule has 0 fully saturated rings. The van der Waals surface area contributed by atoms with Gasteiger partial charge in [0.15, 0.2) is 0 Å². The zero-order valence-corrected chi connectivity index (χ0v) is 13.6. The maximum absolute atomic E-state index is 9.28. The molecule has 0 saturated heterocycles. The molecule has 0 amide bonds. The number of nitrogens with one attached hydrogen (secondary N) is 1. The lowest BCUT2D eigenvalue weighted by Crippen LogP contribution is -2.22. The van der Waals surface area contributed by atoms with Crippen molar-refractivity contribution < 1.29 is 9.52 Å². The molecule has 1 unspecified atom stereocenters. The van der Waals surface area contributed by atoms with Gasteiger partial charge in [0.25, 0.3) is 0 Å². The van der Waals surface area contributed by atoms with E-state index in [1.807, 2.05) is 61.5 Å². The summed E-state index contributed by atoms with van der Waals surface area (Å²) in [5.74, 6) is 1.05. The van der Waals surface area contributed by atoms with Crippen LogP contribution in [0.2, 0.25) is 0 Å². The third-order valence-electron chi connectivity index (χ3n) is 3.85. The second-order valence-electron chi connectivity index (χ2n) is 5.73. The Kier molecular flexibility index (Phi) is 5.36. The zero-order chi connectivity index (χ0) is 16.8. The van der Waals surface area contributed by atoms with E-state index >= 15 is 0 Å². The molecule has 1 heterocycles. The van der Waals surface area contributed by atoms with E-state index in [4.69, 9.17) is 4.42 Å². The molecule has 1 atom stereocenters. The van der Waals surface area contributed by atoms with Crippen molar-refractivity contribution in [3.8, 4) is 11.5 Å². The fraction of sp³-hybridized carbons (Fsp3) is 0.263. The average molecular weight is 323 g/mol. The van der Waals surface area contributed by atoms with Crippen molar-refractivity contribution in [3.05, 3.63) is 71.6 Å². The molecule has 0 spiro atoms. The summed E-state index contributed by atoms with van der Waals surface area (Å²) in [5.41, 5.74) is 3.20. The lowest BCUT2D eigenvalue weighted by molar-refractivity contribution is 0.263. The van der Waals surface area contributed by atoms with Crippen molar-refractivity contribution in [2.45, 2.75) is 25.9 Å². The van der Waals surface area contributed by atoms with Crippen molar-refractivity contribution in [1.82, 2.24) is 15.5 Å². The first-order valence-electron chi connectivity index (χ1n) is 8.05. The zero-order valence-electron chi connectivity index (χ0n) is 13.6. The standard InChI is InChI=1S/C19H21N3O2/c1-14-6-5-9-16(12-14)19-22-21-18(24-19)13-20-17(10-11-23)15-7-3-2-4-8-15/h2-9,12,17,20,23H,10-11,13H2,1H3. The van der Waals surface area contributed by atoms with E-state index in [0.717, 1.165) is 16.7 Å². The Bertz CT molecular complexity index is 771. The van der Waals surface area contributed by atoms with Crippen LogP contribution in [0.25, 0.3) is 11.5 Å². The van der Waals surface area contributed by atoms with Crippen LogP contribution in [-0.4, -0.2) is 21.9 Å². The maximum Gasteiger partial charge on any atom is 0.247 e. The van der Waals surface area contributed by atoms with Gasteiger partial charge in [0, 0.05) is 18.2 Å². The monoisotopic (exact) mass is 323 g/mol. The summed E-state index contributed by atoms with van der Waals surface area (Å²) in [7, 11) is 0. The van der Waals surface area contributed by atoms with Crippen LogP contribution in [0.15, 0.2) is 59.0 Å². The first-order chi connectivity index (χ1) is 11.8. The van der Waals surface area contributed by atoms with Crippen LogP contribution in [0.5, 0.6) is 0 Å². The molecular weight excluding hydrogens is 302 g/mol. The van der Waals surface area contributed by atoms with Gasteiger partial charge < -0.3 is 14.8 Å². The van der Waals surface area contributed by atoms with Crippen LogP contribution in [0.3, 0.4) is 0 Å². The van der Waals surface area contributed by atoms with E-state index in [9.17, 15) is 5.11 Å². The lowest BCUT2D eigenvalue weighted by atomic mass is 10.0. The molecule has 0 saturated carbocycles. The number of hydrogen-bond donors (Lipinski definition) is 2. The van der Waals surface area contributed by atoms with E-state index < -0.39 is 0 Å². The van der Waals surface area contributed by atoms with Gasteiger partial charge in [0.1, 0.15) is 0 Å². The van der Waals surface area contributed by atoms with E-state index in [0.29, 0.717) is 24.7 Å². The summed E-state index contributed by atoms with van der Waals surface area (Å²) >= 11 is 0. The van der Waals surface area contributed by atoms with Gasteiger partial charge in [-0.1, -0.05) is 48.0 Å². The predicted molar refractivity (Wildman–Crippen MR) is 92.2 cm³/mol. The number of aryl methyl sites for hydroxylation is 1. The first kappa shape index (κ1) is 16.4. The Morgan fingerprint density at radius 1 is 1.08 bits per heavy atom. The molecule has 0 bridgehead atoms. The molecule has 3 rings (SSSR count). The maximum atomic E-state index is 9.28. The van der Waals surface area contributed by atoms with Gasteiger partial charge >= 0.3 is 0 Å². The summed E-state index contributed by atoms with van der Waals surface area (Å²) in [6.07, 6.45) is 0.628. The fourth-order valence-electron chi connectivity index (χ4n) is 2.63. The molecule has 3 aromatic rings. The molecule has 0 aliphatic heterocycles. The van der Waals surface area contributed by atoms with Gasteiger partial charge in [-0.3, -0.25) is 0 Å². The SMILES string of the molecule is Cc1cccc(-c2nnc(CNC(CCO)c3ccccc3)o2)c1. The normalized spacial score (nSPS) is 12.2. The predicted octanol–water partition coefficient (Wildman–Crippen LogP) is 3.26. The van der Waals surface area contributed by atoms with Crippen LogP contribution in [0.4, 0.5) is 0 Å². The summed E-state index contributed by atoms with van der Waals surface area (Å²) in [4.78, 5) is 0. The van der Waals surface area contributed by atoms with Crippen LogP contribution >= 0.6 is 0 Å². The van der Waals surface area contributed by atoms with E-state index in [1.54, 1.807) is 0 Å². The Labute approximate surface area is 141 Å². The summed E-state index contributed by atoms with van der Waals surface area (Å²) in [5, 5.41) is 20.9. The van der Waals surface area contributed by atoms with Crippen molar-refractivity contribution >= 4 is 0 Å². The Hall–Kier alpha value is -2.50. The molecule has 5 nitrogen and oxygen atoms in total. The third kappa shape index (κ3) is 4.07. The van der Waals surface area contributed by atoms with Gasteiger partial charge in [-0.25, -0.2) is 0 Å². The number of aliphatic hydroxyl groups excluding tert-OH is 1. The molecule has 5 heteroatoms. The highest BCUT2D eigenvalue weighted by Crippen LogP contribution is 2.20. The third-order valence-corrected chi connectivity index (χ3v) is 3.85. The van der Waals surface area contributed by atoms with Crippen LogP contribution in [0.1, 0.15) is 29.5 Å². The van der Waals surface area contributed by atoms with Crippen LogP contribution in [0, 0.1) is 6.92 Å².